The summed E-state index contributed by atoms with van der Waals surface area (Å²) in [6.45, 7) is 1.65. The molecule has 0 spiro atoms. The quantitative estimate of drug-likeness (QED) is 0.652. The minimum atomic E-state index is -0.402. The van der Waals surface area contributed by atoms with Gasteiger partial charge in [-0.05, 0) is 32.5 Å². The molecule has 0 radical (unpaired) electrons. The largest absolute Gasteiger partial charge is 0.490 e. The van der Waals surface area contributed by atoms with Crippen molar-refractivity contribution in [3.63, 3.8) is 0 Å². The van der Waals surface area contributed by atoms with Gasteiger partial charge < -0.3 is 15.0 Å². The van der Waals surface area contributed by atoms with Gasteiger partial charge in [0.1, 0.15) is 12.4 Å². The highest BCUT2D eigenvalue weighted by Crippen LogP contribution is 2.34. The van der Waals surface area contributed by atoms with E-state index < -0.39 is 4.92 Å². The molecule has 1 fully saturated rings. The number of likely N-dealkylation sites (N-methyl/N-ethyl adjacent to an activating group) is 1. The Morgan fingerprint density at radius 2 is 2.37 bits per heavy atom. The summed E-state index contributed by atoms with van der Waals surface area (Å²) in [5.41, 5.74) is 0.480. The van der Waals surface area contributed by atoms with Crippen molar-refractivity contribution in [3.8, 4) is 5.75 Å². The lowest BCUT2D eigenvalue weighted by Crippen LogP contribution is -2.30. The molecular formula is C13H19N3O3. The molecule has 1 N–H and O–H groups in total. The highest BCUT2D eigenvalue weighted by atomic mass is 16.6. The molecule has 0 aliphatic carbocycles. The predicted octanol–water partition coefficient (Wildman–Crippen LogP) is 2.11. The highest BCUT2D eigenvalue weighted by Gasteiger charge is 2.23. The Morgan fingerprint density at radius 3 is 2.95 bits per heavy atom. The number of para-hydroxylation sites is 1. The van der Waals surface area contributed by atoms with Gasteiger partial charge >= 0.3 is 0 Å². The maximum atomic E-state index is 10.9. The fourth-order valence-corrected chi connectivity index (χ4v) is 2.42. The zero-order valence-electron chi connectivity index (χ0n) is 11.3. The molecule has 0 saturated carbocycles. The van der Waals surface area contributed by atoms with Crippen LogP contribution in [0.2, 0.25) is 0 Å². The van der Waals surface area contributed by atoms with E-state index in [0.29, 0.717) is 24.1 Å². The van der Waals surface area contributed by atoms with Crippen molar-refractivity contribution in [2.45, 2.75) is 18.9 Å². The summed E-state index contributed by atoms with van der Waals surface area (Å²) in [5, 5.41) is 13.8. The number of hydrogen-bond donors (Lipinski definition) is 1. The summed E-state index contributed by atoms with van der Waals surface area (Å²) < 4.78 is 5.76. The van der Waals surface area contributed by atoms with Crippen LogP contribution in [-0.4, -0.2) is 43.1 Å². The third-order valence-corrected chi connectivity index (χ3v) is 3.55. The van der Waals surface area contributed by atoms with Crippen LogP contribution in [-0.2, 0) is 0 Å². The summed E-state index contributed by atoms with van der Waals surface area (Å²) in [7, 11) is 3.74. The Hall–Kier alpha value is -1.82. The Kier molecular flexibility index (Phi) is 4.21. The van der Waals surface area contributed by atoms with Gasteiger partial charge in [0, 0.05) is 19.2 Å². The second-order valence-corrected chi connectivity index (χ2v) is 4.75. The predicted molar refractivity (Wildman–Crippen MR) is 73.8 cm³/mol. The maximum absolute atomic E-state index is 10.9. The standard InChI is InChI=1S/C13H19N3O3/c1-14-13-11(16(17)18)6-3-7-12(13)19-9-10-5-4-8-15(10)2/h3,6-7,10,14H,4-5,8-9H2,1-2H3/t10-/m0/s1. The molecule has 6 nitrogen and oxygen atoms in total. The summed E-state index contributed by atoms with van der Waals surface area (Å²) >= 11 is 0. The van der Waals surface area contributed by atoms with Crippen LogP contribution in [0, 0.1) is 10.1 Å². The molecule has 1 aliphatic heterocycles. The van der Waals surface area contributed by atoms with Crippen molar-refractivity contribution in [2.24, 2.45) is 0 Å². The number of anilines is 1. The smallest absolute Gasteiger partial charge is 0.296 e. The third kappa shape index (κ3) is 2.96. The van der Waals surface area contributed by atoms with Gasteiger partial charge in [-0.2, -0.15) is 0 Å². The number of nitro benzene ring substituents is 1. The molecule has 1 heterocycles. The monoisotopic (exact) mass is 265 g/mol. The van der Waals surface area contributed by atoms with Gasteiger partial charge in [0.25, 0.3) is 5.69 Å². The molecule has 0 aromatic heterocycles. The van der Waals surface area contributed by atoms with E-state index in [9.17, 15) is 10.1 Å². The number of hydrogen-bond acceptors (Lipinski definition) is 5. The van der Waals surface area contributed by atoms with Crippen LogP contribution in [0.25, 0.3) is 0 Å². The van der Waals surface area contributed by atoms with E-state index in [1.165, 1.54) is 12.5 Å². The average Bonchev–Trinajstić information content (AvgIpc) is 2.81. The number of nitro groups is 1. The van der Waals surface area contributed by atoms with Crippen molar-refractivity contribution in [3.05, 3.63) is 28.3 Å². The fourth-order valence-electron chi connectivity index (χ4n) is 2.42. The van der Waals surface area contributed by atoms with Gasteiger partial charge in [0.15, 0.2) is 5.69 Å². The third-order valence-electron chi connectivity index (χ3n) is 3.55. The van der Waals surface area contributed by atoms with Crippen LogP contribution in [0.15, 0.2) is 18.2 Å². The molecule has 0 amide bonds. The van der Waals surface area contributed by atoms with Gasteiger partial charge in [0.2, 0.25) is 0 Å². The molecular weight excluding hydrogens is 246 g/mol. The fraction of sp³-hybridized carbons (Fsp3) is 0.538. The molecule has 1 aliphatic rings. The van der Waals surface area contributed by atoms with Crippen LogP contribution in [0.1, 0.15) is 12.8 Å². The van der Waals surface area contributed by atoms with Gasteiger partial charge in [-0.25, -0.2) is 0 Å². The Balaban J connectivity index is 2.11. The van der Waals surface area contributed by atoms with Gasteiger partial charge in [-0.3, -0.25) is 10.1 Å². The van der Waals surface area contributed by atoms with E-state index >= 15 is 0 Å². The summed E-state index contributed by atoms with van der Waals surface area (Å²) in [5.74, 6) is 0.539. The van der Waals surface area contributed by atoms with Gasteiger partial charge in [-0.15, -0.1) is 0 Å². The zero-order valence-corrected chi connectivity index (χ0v) is 11.3. The Bertz CT molecular complexity index is 464. The highest BCUT2D eigenvalue weighted by molar-refractivity contribution is 5.69. The van der Waals surface area contributed by atoms with Crippen LogP contribution >= 0.6 is 0 Å². The first-order valence-electron chi connectivity index (χ1n) is 6.41. The average molecular weight is 265 g/mol. The van der Waals surface area contributed by atoms with E-state index in [2.05, 4.69) is 17.3 Å². The van der Waals surface area contributed by atoms with Crippen molar-refractivity contribution in [1.29, 1.82) is 0 Å². The second-order valence-electron chi connectivity index (χ2n) is 4.75. The number of rotatable bonds is 5. The minimum Gasteiger partial charge on any atom is -0.490 e. The van der Waals surface area contributed by atoms with Crippen LogP contribution in [0.5, 0.6) is 5.75 Å². The van der Waals surface area contributed by atoms with Crippen molar-refractivity contribution in [2.75, 3.05) is 32.6 Å². The molecule has 0 unspecified atom stereocenters. The lowest BCUT2D eigenvalue weighted by Gasteiger charge is -2.20. The van der Waals surface area contributed by atoms with E-state index in [1.54, 1.807) is 19.2 Å². The van der Waals surface area contributed by atoms with Gasteiger partial charge in [0.05, 0.1) is 4.92 Å². The first-order chi connectivity index (χ1) is 9.13. The van der Waals surface area contributed by atoms with Crippen LogP contribution in [0.4, 0.5) is 11.4 Å². The van der Waals surface area contributed by atoms with E-state index in [-0.39, 0.29) is 5.69 Å². The van der Waals surface area contributed by atoms with Crippen molar-refractivity contribution in [1.82, 2.24) is 4.90 Å². The summed E-state index contributed by atoms with van der Waals surface area (Å²) in [6, 6.07) is 5.27. The first kappa shape index (κ1) is 13.6. The molecule has 1 saturated heterocycles. The van der Waals surface area contributed by atoms with E-state index in [1.807, 2.05) is 0 Å². The molecule has 1 aromatic rings. The van der Waals surface area contributed by atoms with Crippen molar-refractivity contribution >= 4 is 11.4 Å². The number of likely N-dealkylation sites (tertiary alicyclic amines) is 1. The molecule has 104 valence electrons. The zero-order chi connectivity index (χ0) is 13.8. The number of nitrogens with one attached hydrogen (secondary N) is 1. The Morgan fingerprint density at radius 1 is 1.58 bits per heavy atom. The van der Waals surface area contributed by atoms with Gasteiger partial charge in [-0.1, -0.05) is 6.07 Å². The SMILES string of the molecule is CNc1c(OC[C@@H]2CCCN2C)cccc1[N+](=O)[O-]. The number of benzene rings is 1. The topological polar surface area (TPSA) is 67.6 Å². The molecule has 1 aromatic carbocycles. The lowest BCUT2D eigenvalue weighted by atomic mass is 10.2. The minimum absolute atomic E-state index is 0.0415. The number of nitrogens with zero attached hydrogens (tertiary/aromatic N) is 2. The van der Waals surface area contributed by atoms with Crippen molar-refractivity contribution < 1.29 is 9.66 Å². The first-order valence-corrected chi connectivity index (χ1v) is 6.41. The normalized spacial score (nSPS) is 19.4. The number of ether oxygens (including phenoxy) is 1. The molecule has 0 bridgehead atoms. The summed E-state index contributed by atoms with van der Waals surface area (Å²) in [4.78, 5) is 12.8. The maximum Gasteiger partial charge on any atom is 0.296 e. The van der Waals surface area contributed by atoms with E-state index in [0.717, 1.165) is 13.0 Å². The molecule has 1 atom stereocenters. The Labute approximate surface area is 112 Å². The van der Waals surface area contributed by atoms with Crippen LogP contribution < -0.4 is 10.1 Å². The lowest BCUT2D eigenvalue weighted by molar-refractivity contribution is -0.384. The summed E-state index contributed by atoms with van der Waals surface area (Å²) in [6.07, 6.45) is 2.29. The molecule has 2 rings (SSSR count). The van der Waals surface area contributed by atoms with E-state index in [4.69, 9.17) is 4.74 Å². The molecule has 19 heavy (non-hydrogen) atoms. The van der Waals surface area contributed by atoms with Crippen LogP contribution in [0.3, 0.4) is 0 Å². The molecule has 6 heteroatoms. The second kappa shape index (κ2) is 5.88.